The first-order valence-corrected chi connectivity index (χ1v) is 20.8. The molecule has 4 amide bonds. The van der Waals surface area contributed by atoms with Gasteiger partial charge in [0.1, 0.15) is 44.9 Å². The Morgan fingerprint density at radius 1 is 1.17 bits per heavy atom. The van der Waals surface area contributed by atoms with Crippen molar-refractivity contribution >= 4 is 61.7 Å². The van der Waals surface area contributed by atoms with Gasteiger partial charge in [0.2, 0.25) is 15.9 Å². The predicted octanol–water partition coefficient (Wildman–Crippen LogP) is 5.63. The third-order valence-electron chi connectivity index (χ3n) is 10.9. The number of hydrogen-bond donors (Lipinski definition) is 2. The zero-order valence-corrected chi connectivity index (χ0v) is 32.9. The maximum Gasteiger partial charge on any atom is 0.319 e. The Balaban J connectivity index is 1.21. The fourth-order valence-electron chi connectivity index (χ4n) is 7.03. The van der Waals surface area contributed by atoms with Crippen molar-refractivity contribution in [3.8, 4) is 22.2 Å². The van der Waals surface area contributed by atoms with Gasteiger partial charge in [-0.05, 0) is 63.5 Å². The van der Waals surface area contributed by atoms with Crippen molar-refractivity contribution in [2.45, 2.75) is 94.1 Å². The van der Waals surface area contributed by atoms with Crippen LogP contribution >= 0.6 is 22.9 Å². The first-order valence-electron chi connectivity index (χ1n) is 18.0. The molecule has 0 bridgehead atoms. The molecule has 13 nitrogen and oxygen atoms in total. The number of halogens is 1. The number of pyridine rings is 1. The molecule has 2 aromatic heterocycles. The molecule has 2 aliphatic carbocycles. The van der Waals surface area contributed by atoms with E-state index in [0.29, 0.717) is 57.5 Å². The maximum atomic E-state index is 14.2. The summed E-state index contributed by atoms with van der Waals surface area (Å²) in [6, 6.07) is 3.81. The van der Waals surface area contributed by atoms with Crippen molar-refractivity contribution in [3.05, 3.63) is 46.4 Å². The molecule has 53 heavy (non-hydrogen) atoms. The van der Waals surface area contributed by atoms with Crippen LogP contribution in [0.4, 0.5) is 4.79 Å². The summed E-state index contributed by atoms with van der Waals surface area (Å²) < 4.78 is 39.6. The first kappa shape index (κ1) is 37.4. The molecular weight excluding hydrogens is 740 g/mol. The molecular formula is C37H45ClN6O7S2. The van der Waals surface area contributed by atoms with Gasteiger partial charge in [-0.25, -0.2) is 23.2 Å². The molecule has 1 aromatic carbocycles. The van der Waals surface area contributed by atoms with Crippen molar-refractivity contribution in [1.82, 2.24) is 29.8 Å². The lowest BCUT2D eigenvalue weighted by atomic mass is 10.1. The fourth-order valence-corrected chi connectivity index (χ4v) is 9.56. The van der Waals surface area contributed by atoms with Gasteiger partial charge < -0.3 is 24.6 Å². The highest BCUT2D eigenvalue weighted by Gasteiger charge is 2.63. The molecule has 3 fully saturated rings. The number of aromatic nitrogens is 2. The number of benzene rings is 1. The van der Waals surface area contributed by atoms with Gasteiger partial charge in [0.05, 0.1) is 29.6 Å². The van der Waals surface area contributed by atoms with Crippen molar-refractivity contribution in [2.24, 2.45) is 5.92 Å². The molecule has 0 radical (unpaired) electrons. The standard InChI is InChI=1S/C37H45ClN6O7S2/c1-21(2)26-20-52-32(40-26)25-17-29(24-11-12-28(50-5)30(38)31(24)39-25)51-23-16-27-33(45)43(4)15-9-7-6-8-10-22-18-37(22,41-35(47)44(27)19-23)34(46)42-53(48,49)36(3)13-14-36/h8,10-12,17,20-23,27H,6-7,9,13-16,18-19H2,1-5H3,(H,41,47)(H,42,46)/b10-8-/t22-,23+,27+,37-/m1/s1. The summed E-state index contributed by atoms with van der Waals surface area (Å²) in [5.74, 6) is -0.281. The third kappa shape index (κ3) is 7.07. The van der Waals surface area contributed by atoms with Crippen LogP contribution < -0.4 is 19.5 Å². The Morgan fingerprint density at radius 3 is 2.64 bits per heavy atom. The minimum absolute atomic E-state index is 0.0302. The van der Waals surface area contributed by atoms with E-state index in [1.807, 2.05) is 23.6 Å². The van der Waals surface area contributed by atoms with Crippen LogP contribution in [0.25, 0.3) is 21.6 Å². The van der Waals surface area contributed by atoms with Crippen LogP contribution in [0.2, 0.25) is 5.02 Å². The minimum atomic E-state index is -3.95. The van der Waals surface area contributed by atoms with E-state index < -0.39 is 50.3 Å². The third-order valence-corrected chi connectivity index (χ3v) is 14.3. The van der Waals surface area contributed by atoms with E-state index in [9.17, 15) is 22.8 Å². The van der Waals surface area contributed by atoms with E-state index in [2.05, 4.69) is 23.9 Å². The van der Waals surface area contributed by atoms with Crippen molar-refractivity contribution in [2.75, 3.05) is 27.2 Å². The van der Waals surface area contributed by atoms with Crippen LogP contribution in [0, 0.1) is 5.92 Å². The first-order chi connectivity index (χ1) is 25.2. The van der Waals surface area contributed by atoms with Crippen LogP contribution in [0.15, 0.2) is 35.7 Å². The number of thiazole rings is 1. The summed E-state index contributed by atoms with van der Waals surface area (Å²) in [6.45, 7) is 6.29. The quantitative estimate of drug-likeness (QED) is 0.276. The van der Waals surface area contributed by atoms with Gasteiger partial charge >= 0.3 is 6.03 Å². The lowest BCUT2D eigenvalue weighted by Crippen LogP contribution is -2.58. The highest BCUT2D eigenvalue weighted by atomic mass is 35.5. The number of allylic oxidation sites excluding steroid dienone is 1. The Kier molecular flexibility index (Phi) is 9.90. The molecule has 7 rings (SSSR count). The number of fused-ring (bicyclic) bond motifs is 3. The second-order valence-corrected chi connectivity index (χ2v) is 18.6. The van der Waals surface area contributed by atoms with E-state index in [0.717, 1.165) is 25.0 Å². The number of carbonyl (C=O) groups excluding carboxylic acids is 3. The predicted molar refractivity (Wildman–Crippen MR) is 203 cm³/mol. The number of carbonyl (C=O) groups is 3. The lowest BCUT2D eigenvalue weighted by molar-refractivity contribution is -0.134. The molecule has 1 saturated heterocycles. The average Bonchev–Trinajstić information content (AvgIpc) is 3.89. The maximum absolute atomic E-state index is 14.2. The number of rotatable bonds is 8. The number of sulfonamides is 1. The number of amides is 4. The van der Waals surface area contributed by atoms with Gasteiger partial charge in [-0.3, -0.25) is 14.3 Å². The molecule has 284 valence electrons. The Hall–Kier alpha value is -3.95. The average molecular weight is 785 g/mol. The van der Waals surface area contributed by atoms with Crippen LogP contribution in [-0.2, 0) is 19.6 Å². The second-order valence-electron chi connectivity index (χ2n) is 15.1. The molecule has 16 heteroatoms. The van der Waals surface area contributed by atoms with E-state index in [1.54, 1.807) is 31.0 Å². The summed E-state index contributed by atoms with van der Waals surface area (Å²) in [6.07, 6.45) is 6.87. The monoisotopic (exact) mass is 784 g/mol. The molecule has 0 spiro atoms. The van der Waals surface area contributed by atoms with Gasteiger partial charge in [0.25, 0.3) is 5.91 Å². The van der Waals surface area contributed by atoms with Crippen molar-refractivity contribution in [3.63, 3.8) is 0 Å². The molecule has 4 atom stereocenters. The van der Waals surface area contributed by atoms with Crippen LogP contribution in [-0.4, -0.2) is 95.7 Å². The number of hydrogen-bond acceptors (Lipinski definition) is 10. The topological polar surface area (TPSA) is 160 Å². The van der Waals surface area contributed by atoms with Gasteiger partial charge in [0.15, 0.2) is 0 Å². The smallest absolute Gasteiger partial charge is 0.319 e. The van der Waals surface area contributed by atoms with Gasteiger partial charge in [-0.1, -0.05) is 37.6 Å². The Bertz CT molecular complexity index is 2100. The van der Waals surface area contributed by atoms with Crippen molar-refractivity contribution in [1.29, 1.82) is 0 Å². The Labute approximate surface area is 318 Å². The highest BCUT2D eigenvalue weighted by Crippen LogP contribution is 2.48. The summed E-state index contributed by atoms with van der Waals surface area (Å²) in [7, 11) is -0.698. The summed E-state index contributed by atoms with van der Waals surface area (Å²) in [5.41, 5.74) is 0.480. The van der Waals surface area contributed by atoms with E-state index in [4.69, 9.17) is 31.0 Å². The van der Waals surface area contributed by atoms with Crippen LogP contribution in [0.5, 0.6) is 11.5 Å². The SMILES string of the molecule is COc1ccc2c(O[C@H]3C[C@H]4C(=O)N(C)CCCC/C=C\[C@@H]5C[C@@]5(C(=O)NS(=O)(=O)C5(C)CC5)NC(=O)N4C3)cc(-c3nc(C(C)C)cs3)nc2c1Cl. The molecule has 3 aromatic rings. The van der Waals surface area contributed by atoms with Crippen LogP contribution in [0.3, 0.4) is 0 Å². The lowest BCUT2D eigenvalue weighted by Gasteiger charge is -2.30. The number of likely N-dealkylation sites (N-methyl/N-ethyl adjacent to an activating group) is 1. The molecule has 4 heterocycles. The van der Waals surface area contributed by atoms with Gasteiger partial charge in [-0.2, -0.15) is 0 Å². The number of nitrogens with one attached hydrogen (secondary N) is 2. The molecule has 0 unspecified atom stereocenters. The largest absolute Gasteiger partial charge is 0.495 e. The minimum Gasteiger partial charge on any atom is -0.495 e. The highest BCUT2D eigenvalue weighted by molar-refractivity contribution is 7.91. The zero-order chi connectivity index (χ0) is 37.9. The Morgan fingerprint density at radius 2 is 1.94 bits per heavy atom. The zero-order valence-electron chi connectivity index (χ0n) is 30.5. The molecule has 2 N–H and O–H groups in total. The molecule has 2 saturated carbocycles. The van der Waals surface area contributed by atoms with E-state index >= 15 is 0 Å². The van der Waals surface area contributed by atoms with E-state index in [1.165, 1.54) is 23.3 Å². The summed E-state index contributed by atoms with van der Waals surface area (Å²) >= 11 is 8.26. The number of nitrogens with zero attached hydrogens (tertiary/aromatic N) is 4. The summed E-state index contributed by atoms with van der Waals surface area (Å²) in [4.78, 5) is 54.7. The number of urea groups is 1. The van der Waals surface area contributed by atoms with Crippen LogP contribution in [0.1, 0.15) is 77.3 Å². The number of methoxy groups -OCH3 is 1. The molecule has 4 aliphatic rings. The summed E-state index contributed by atoms with van der Waals surface area (Å²) in [5, 5.41) is 6.50. The fraction of sp³-hybridized carbons (Fsp3) is 0.541. The van der Waals surface area contributed by atoms with Gasteiger partial charge in [-0.15, -0.1) is 11.3 Å². The van der Waals surface area contributed by atoms with Gasteiger partial charge in [0, 0.05) is 42.8 Å². The molecule has 2 aliphatic heterocycles. The second kappa shape index (κ2) is 14.0. The van der Waals surface area contributed by atoms with Crippen molar-refractivity contribution < 1.29 is 32.3 Å². The van der Waals surface area contributed by atoms with E-state index in [-0.39, 0.29) is 31.2 Å². The number of ether oxygens (including phenoxy) is 2. The normalized spacial score (nSPS) is 26.4.